The molecule has 1 aromatic rings. The molecule has 0 heterocycles. The molecule has 0 amide bonds. The number of benzene rings is 1. The van der Waals surface area contributed by atoms with E-state index in [1.54, 1.807) is 25.1 Å². The molecule has 0 aliphatic rings. The van der Waals surface area contributed by atoms with Gasteiger partial charge in [-0.25, -0.2) is 8.42 Å². The summed E-state index contributed by atoms with van der Waals surface area (Å²) in [7, 11) is -3.76. The van der Waals surface area contributed by atoms with Crippen LogP contribution in [0.5, 0.6) is 0 Å². The van der Waals surface area contributed by atoms with Gasteiger partial charge in [0.1, 0.15) is 6.04 Å². The standard InChI is InChI=1S/C11H11N3O2S/c1-8-3-4-10(7-13)5-11(8)17(15,16)14-9(2)6-12/h3-5,9,14H,1-2H3. The van der Waals surface area contributed by atoms with Crippen LogP contribution in [0.15, 0.2) is 23.1 Å². The lowest BCUT2D eigenvalue weighted by Gasteiger charge is -2.10. The van der Waals surface area contributed by atoms with Gasteiger partial charge in [-0.2, -0.15) is 15.2 Å². The van der Waals surface area contributed by atoms with Crippen LogP contribution in [0, 0.1) is 29.6 Å². The molecule has 0 bridgehead atoms. The summed E-state index contributed by atoms with van der Waals surface area (Å²) >= 11 is 0. The number of nitriles is 2. The molecule has 0 fully saturated rings. The zero-order chi connectivity index (χ0) is 13.1. The molecule has 0 aliphatic heterocycles. The molecule has 0 aliphatic carbocycles. The summed E-state index contributed by atoms with van der Waals surface area (Å²) < 4.78 is 26.1. The van der Waals surface area contributed by atoms with Crippen LogP contribution >= 0.6 is 0 Å². The molecular formula is C11H11N3O2S. The Morgan fingerprint density at radius 3 is 2.53 bits per heavy atom. The van der Waals surface area contributed by atoms with Crippen LogP contribution in [0.3, 0.4) is 0 Å². The van der Waals surface area contributed by atoms with E-state index in [1.165, 1.54) is 13.0 Å². The van der Waals surface area contributed by atoms with Gasteiger partial charge in [0.15, 0.2) is 0 Å². The molecule has 1 rings (SSSR count). The molecule has 88 valence electrons. The number of aryl methyl sites for hydroxylation is 1. The molecule has 1 N–H and O–H groups in total. The van der Waals surface area contributed by atoms with Crippen molar-refractivity contribution in [1.82, 2.24) is 4.72 Å². The predicted octanol–water partition coefficient (Wildman–Crippen LogP) is 1.06. The zero-order valence-electron chi connectivity index (χ0n) is 9.43. The highest BCUT2D eigenvalue weighted by Crippen LogP contribution is 2.16. The Kier molecular flexibility index (Phi) is 3.84. The van der Waals surface area contributed by atoms with Crippen LogP contribution in [-0.2, 0) is 10.0 Å². The number of hydrogen-bond donors (Lipinski definition) is 1. The third-order valence-electron chi connectivity index (χ3n) is 2.13. The third kappa shape index (κ3) is 3.04. The fraction of sp³-hybridized carbons (Fsp3) is 0.273. The molecule has 0 spiro atoms. The number of hydrogen-bond acceptors (Lipinski definition) is 4. The molecule has 1 aromatic carbocycles. The Balaban J connectivity index is 3.25. The van der Waals surface area contributed by atoms with Gasteiger partial charge in [-0.15, -0.1) is 0 Å². The summed E-state index contributed by atoms with van der Waals surface area (Å²) in [6.45, 7) is 3.08. The predicted molar refractivity (Wildman–Crippen MR) is 61.3 cm³/mol. The first-order chi connectivity index (χ1) is 7.90. The maximum absolute atomic E-state index is 11.9. The van der Waals surface area contributed by atoms with Crippen LogP contribution < -0.4 is 4.72 Å². The van der Waals surface area contributed by atoms with Crippen LogP contribution in [0.2, 0.25) is 0 Å². The van der Waals surface area contributed by atoms with E-state index in [0.29, 0.717) is 5.56 Å². The number of sulfonamides is 1. The zero-order valence-corrected chi connectivity index (χ0v) is 10.2. The van der Waals surface area contributed by atoms with Gasteiger partial charge < -0.3 is 0 Å². The maximum Gasteiger partial charge on any atom is 0.242 e. The summed E-state index contributed by atoms with van der Waals surface area (Å²) in [5.41, 5.74) is 0.794. The van der Waals surface area contributed by atoms with Gasteiger partial charge in [-0.1, -0.05) is 6.07 Å². The summed E-state index contributed by atoms with van der Waals surface area (Å²) in [6.07, 6.45) is 0. The average Bonchev–Trinajstić information content (AvgIpc) is 2.28. The first kappa shape index (κ1) is 13.2. The van der Waals surface area contributed by atoms with Gasteiger partial charge in [0.25, 0.3) is 0 Å². The second kappa shape index (κ2) is 4.96. The summed E-state index contributed by atoms with van der Waals surface area (Å²) in [4.78, 5) is 0.0265. The van der Waals surface area contributed by atoms with Crippen molar-refractivity contribution in [2.75, 3.05) is 0 Å². The topological polar surface area (TPSA) is 93.8 Å². The quantitative estimate of drug-likeness (QED) is 0.866. The Hall–Kier alpha value is -1.89. The smallest absolute Gasteiger partial charge is 0.207 e. The van der Waals surface area contributed by atoms with Crippen LogP contribution in [0.25, 0.3) is 0 Å². The largest absolute Gasteiger partial charge is 0.242 e. The highest BCUT2D eigenvalue weighted by molar-refractivity contribution is 7.89. The van der Waals surface area contributed by atoms with Crippen molar-refractivity contribution in [2.24, 2.45) is 0 Å². The Morgan fingerprint density at radius 1 is 1.35 bits per heavy atom. The van der Waals surface area contributed by atoms with Crippen molar-refractivity contribution in [3.63, 3.8) is 0 Å². The van der Waals surface area contributed by atoms with E-state index in [2.05, 4.69) is 4.72 Å². The lowest BCUT2D eigenvalue weighted by atomic mass is 10.2. The first-order valence-corrected chi connectivity index (χ1v) is 6.31. The van der Waals surface area contributed by atoms with Crippen molar-refractivity contribution >= 4 is 10.0 Å². The minimum atomic E-state index is -3.76. The summed E-state index contributed by atoms with van der Waals surface area (Å²) in [5, 5.41) is 17.3. The number of rotatable bonds is 3. The number of nitrogens with one attached hydrogen (secondary N) is 1. The van der Waals surface area contributed by atoms with E-state index >= 15 is 0 Å². The maximum atomic E-state index is 11.9. The molecule has 0 saturated carbocycles. The number of nitrogens with zero attached hydrogens (tertiary/aromatic N) is 2. The lowest BCUT2D eigenvalue weighted by Crippen LogP contribution is -2.31. The summed E-state index contributed by atoms with van der Waals surface area (Å²) in [5.74, 6) is 0. The fourth-order valence-corrected chi connectivity index (χ4v) is 2.70. The van der Waals surface area contributed by atoms with Crippen molar-refractivity contribution in [1.29, 1.82) is 10.5 Å². The van der Waals surface area contributed by atoms with E-state index < -0.39 is 16.1 Å². The molecular weight excluding hydrogens is 238 g/mol. The van der Waals surface area contributed by atoms with Crippen molar-refractivity contribution < 1.29 is 8.42 Å². The average molecular weight is 249 g/mol. The van der Waals surface area contributed by atoms with Gasteiger partial charge >= 0.3 is 0 Å². The summed E-state index contributed by atoms with van der Waals surface area (Å²) in [6, 6.07) is 7.24. The second-order valence-corrected chi connectivity index (χ2v) is 5.25. The van der Waals surface area contributed by atoms with Gasteiger partial charge in [0.2, 0.25) is 10.0 Å². The highest BCUT2D eigenvalue weighted by Gasteiger charge is 2.19. The van der Waals surface area contributed by atoms with Crippen LogP contribution in [0.1, 0.15) is 18.1 Å². The monoisotopic (exact) mass is 249 g/mol. The van der Waals surface area contributed by atoms with Gasteiger partial charge in [-0.3, -0.25) is 0 Å². The molecule has 0 radical (unpaired) electrons. The molecule has 6 heteroatoms. The Morgan fingerprint density at radius 2 is 2.00 bits per heavy atom. The van der Waals surface area contributed by atoms with Crippen molar-refractivity contribution in [2.45, 2.75) is 24.8 Å². The minimum absolute atomic E-state index is 0.0265. The highest BCUT2D eigenvalue weighted by atomic mass is 32.2. The lowest BCUT2D eigenvalue weighted by molar-refractivity contribution is 0.576. The molecule has 0 saturated heterocycles. The molecule has 1 atom stereocenters. The van der Waals surface area contributed by atoms with Gasteiger partial charge in [-0.05, 0) is 31.5 Å². The van der Waals surface area contributed by atoms with E-state index in [-0.39, 0.29) is 10.5 Å². The Labute approximate surface area is 100 Å². The molecule has 1 unspecified atom stereocenters. The fourth-order valence-electron chi connectivity index (χ4n) is 1.28. The minimum Gasteiger partial charge on any atom is -0.207 e. The third-order valence-corrected chi connectivity index (χ3v) is 3.82. The van der Waals surface area contributed by atoms with Gasteiger partial charge in [0.05, 0.1) is 22.6 Å². The Bertz CT molecular complexity index is 609. The van der Waals surface area contributed by atoms with E-state index in [9.17, 15) is 8.42 Å². The molecule has 5 nitrogen and oxygen atoms in total. The van der Waals surface area contributed by atoms with Crippen molar-refractivity contribution in [3.8, 4) is 12.1 Å². The van der Waals surface area contributed by atoms with Crippen LogP contribution in [-0.4, -0.2) is 14.5 Å². The van der Waals surface area contributed by atoms with E-state index in [4.69, 9.17) is 10.5 Å². The van der Waals surface area contributed by atoms with Gasteiger partial charge in [0, 0.05) is 0 Å². The van der Waals surface area contributed by atoms with Crippen LogP contribution in [0.4, 0.5) is 0 Å². The van der Waals surface area contributed by atoms with E-state index in [0.717, 1.165) is 0 Å². The normalized spacial score (nSPS) is 12.5. The molecule has 0 aromatic heterocycles. The first-order valence-electron chi connectivity index (χ1n) is 4.83. The van der Waals surface area contributed by atoms with Crippen molar-refractivity contribution in [3.05, 3.63) is 29.3 Å². The SMILES string of the molecule is Cc1ccc(C#N)cc1S(=O)(=O)NC(C)C#N. The van der Waals surface area contributed by atoms with E-state index in [1.807, 2.05) is 6.07 Å². The molecule has 17 heavy (non-hydrogen) atoms. The second-order valence-electron chi connectivity index (χ2n) is 3.56.